The lowest BCUT2D eigenvalue weighted by molar-refractivity contribution is -0.0511. The highest BCUT2D eigenvalue weighted by Crippen LogP contribution is 2.32. The van der Waals surface area contributed by atoms with Crippen LogP contribution in [-0.4, -0.2) is 59.8 Å². The number of nitrogens with zero attached hydrogens (tertiary/aromatic N) is 4. The molecule has 0 spiro atoms. The second-order valence-corrected chi connectivity index (χ2v) is 6.21. The van der Waals surface area contributed by atoms with Gasteiger partial charge in [0.2, 0.25) is 0 Å². The number of hydrogen-bond acceptors (Lipinski definition) is 9. The predicted molar refractivity (Wildman–Crippen MR) is 89.4 cm³/mol. The van der Waals surface area contributed by atoms with Gasteiger partial charge in [-0.1, -0.05) is 0 Å². The Balaban J connectivity index is 1.61. The third-order valence-electron chi connectivity index (χ3n) is 4.21. The maximum absolute atomic E-state index is 10.2. The predicted octanol–water partition coefficient (Wildman–Crippen LogP) is 0.296. The molecule has 1 aliphatic heterocycles. The van der Waals surface area contributed by atoms with Gasteiger partial charge in [0, 0.05) is 0 Å². The first-order chi connectivity index (χ1) is 12.6. The molecule has 0 aromatic carbocycles. The number of ether oxygens (including phenoxy) is 1. The molecule has 4 N–H and O–H groups in total. The van der Waals surface area contributed by atoms with Crippen LogP contribution in [0, 0.1) is 0 Å². The summed E-state index contributed by atoms with van der Waals surface area (Å²) in [7, 11) is 0. The molecule has 0 amide bonds. The fourth-order valence-corrected chi connectivity index (χ4v) is 3.06. The average molecular weight is 382 g/mol. The van der Waals surface area contributed by atoms with Gasteiger partial charge in [0.25, 0.3) is 0 Å². The largest absolute Gasteiger partial charge is 0.448 e. The Kier molecular flexibility index (Phi) is 4.51. The Labute approximate surface area is 152 Å². The number of furan rings is 1. The molecule has 1 unspecified atom stereocenters. The molecule has 4 atom stereocenters. The number of imidazole rings is 1. The van der Waals surface area contributed by atoms with Gasteiger partial charge in [0.05, 0.1) is 19.5 Å². The summed E-state index contributed by atoms with van der Waals surface area (Å²) in [6, 6.07) is 3.38. The summed E-state index contributed by atoms with van der Waals surface area (Å²) < 4.78 is 12.3. The van der Waals surface area contributed by atoms with Crippen molar-refractivity contribution >= 4 is 28.6 Å². The smallest absolute Gasteiger partial charge is 0.193 e. The van der Waals surface area contributed by atoms with Gasteiger partial charge in [0.1, 0.15) is 30.4 Å². The first-order valence-corrected chi connectivity index (χ1v) is 8.24. The van der Waals surface area contributed by atoms with Crippen LogP contribution in [0.1, 0.15) is 12.0 Å². The first-order valence-electron chi connectivity index (χ1n) is 7.86. The monoisotopic (exact) mass is 381 g/mol. The van der Waals surface area contributed by atoms with Crippen LogP contribution in [-0.2, 0) is 11.3 Å². The van der Waals surface area contributed by atoms with Gasteiger partial charge in [-0.05, 0) is 23.7 Å². The molecule has 1 saturated heterocycles. The van der Waals surface area contributed by atoms with E-state index in [0.29, 0.717) is 34.5 Å². The number of halogens is 1. The lowest BCUT2D eigenvalue weighted by Gasteiger charge is -2.16. The first kappa shape index (κ1) is 17.2. The molecule has 0 radical (unpaired) electrons. The molecule has 1 fully saturated rings. The van der Waals surface area contributed by atoms with E-state index in [2.05, 4.69) is 20.3 Å². The highest BCUT2D eigenvalue weighted by molar-refractivity contribution is 6.28. The molecule has 138 valence electrons. The molecule has 4 rings (SSSR count). The number of nitrogens with one attached hydrogen (secondary N) is 1. The van der Waals surface area contributed by atoms with Crippen molar-refractivity contribution in [3.63, 3.8) is 0 Å². The minimum Gasteiger partial charge on any atom is -0.448 e. The standard InChI is InChI=1S/C15H16ClN5O5/c16-9-2-1-7(25-9)3-17-13-10-14(19-5-18-13)21(6-20-10)15-12(24)11(23)8(4-22)26-15/h1-2,5-6,8,11-12,15,22-24H,3-4H2,(H,17,18,19)/t8-,11-,12+,15?/m1/s1. The second-order valence-electron chi connectivity index (χ2n) is 5.83. The van der Waals surface area contributed by atoms with Crippen molar-refractivity contribution < 1.29 is 24.5 Å². The zero-order valence-corrected chi connectivity index (χ0v) is 14.1. The zero-order valence-electron chi connectivity index (χ0n) is 13.4. The van der Waals surface area contributed by atoms with Crippen LogP contribution in [0.3, 0.4) is 0 Å². The number of aromatic nitrogens is 4. The molecule has 10 nitrogen and oxygen atoms in total. The van der Waals surface area contributed by atoms with Crippen LogP contribution in [0.4, 0.5) is 5.82 Å². The van der Waals surface area contributed by atoms with Gasteiger partial charge in [-0.15, -0.1) is 0 Å². The van der Waals surface area contributed by atoms with Crippen molar-refractivity contribution in [3.05, 3.63) is 35.8 Å². The molecule has 1 aliphatic rings. The van der Waals surface area contributed by atoms with Crippen molar-refractivity contribution in [3.8, 4) is 0 Å². The van der Waals surface area contributed by atoms with Gasteiger partial charge in [-0.2, -0.15) is 0 Å². The van der Waals surface area contributed by atoms with Crippen LogP contribution in [0.2, 0.25) is 5.22 Å². The topological polar surface area (TPSA) is 139 Å². The van der Waals surface area contributed by atoms with Crippen molar-refractivity contribution in [1.29, 1.82) is 0 Å². The van der Waals surface area contributed by atoms with Gasteiger partial charge in [-0.25, -0.2) is 15.0 Å². The highest BCUT2D eigenvalue weighted by Gasteiger charge is 2.44. The van der Waals surface area contributed by atoms with E-state index in [0.717, 1.165) is 0 Å². The molecular formula is C15H16ClN5O5. The van der Waals surface area contributed by atoms with Crippen LogP contribution in [0.15, 0.2) is 29.2 Å². The Morgan fingerprint density at radius 1 is 1.19 bits per heavy atom. The molecule has 0 bridgehead atoms. The highest BCUT2D eigenvalue weighted by atomic mass is 35.5. The maximum atomic E-state index is 10.2. The SMILES string of the molecule is OC[C@H]1OC(n2cnc3c(NCc4ccc(Cl)o4)ncnc32)[C@@H](O)[C@@H]1O. The molecule has 3 aromatic rings. The molecule has 0 aliphatic carbocycles. The molecule has 11 heteroatoms. The van der Waals surface area contributed by atoms with E-state index in [1.54, 1.807) is 12.1 Å². The van der Waals surface area contributed by atoms with Gasteiger partial charge in [-0.3, -0.25) is 4.57 Å². The minimum absolute atomic E-state index is 0.295. The number of rotatable bonds is 5. The quantitative estimate of drug-likeness (QED) is 0.491. The number of fused-ring (bicyclic) bond motifs is 1. The lowest BCUT2D eigenvalue weighted by atomic mass is 10.1. The van der Waals surface area contributed by atoms with Gasteiger partial charge in [0.15, 0.2) is 28.4 Å². The average Bonchev–Trinajstić information content (AvgIpc) is 3.32. The summed E-state index contributed by atoms with van der Waals surface area (Å²) in [4.78, 5) is 12.6. The Morgan fingerprint density at radius 2 is 2.04 bits per heavy atom. The normalized spacial score (nSPS) is 25.8. The summed E-state index contributed by atoms with van der Waals surface area (Å²) >= 11 is 5.75. The lowest BCUT2D eigenvalue weighted by Crippen LogP contribution is -2.33. The number of aliphatic hydroxyl groups is 3. The van der Waals surface area contributed by atoms with Gasteiger partial charge < -0.3 is 29.8 Å². The summed E-state index contributed by atoms with van der Waals surface area (Å²) in [6.07, 6.45) is -1.44. The second kappa shape index (κ2) is 6.82. The van der Waals surface area contributed by atoms with Crippen LogP contribution >= 0.6 is 11.6 Å². The Morgan fingerprint density at radius 3 is 2.73 bits per heavy atom. The maximum Gasteiger partial charge on any atom is 0.193 e. The summed E-state index contributed by atoms with van der Waals surface area (Å²) in [5, 5.41) is 32.7. The molecule has 3 aromatic heterocycles. The third-order valence-corrected chi connectivity index (χ3v) is 4.41. The fourth-order valence-electron chi connectivity index (χ4n) is 2.89. The van der Waals surface area contributed by atoms with Crippen molar-refractivity contribution in [1.82, 2.24) is 19.5 Å². The number of anilines is 1. The van der Waals surface area contributed by atoms with Crippen molar-refractivity contribution in [2.24, 2.45) is 0 Å². The molecule has 26 heavy (non-hydrogen) atoms. The molecule has 0 saturated carbocycles. The van der Waals surface area contributed by atoms with E-state index >= 15 is 0 Å². The summed E-state index contributed by atoms with van der Waals surface area (Å²) in [6.45, 7) is -0.0611. The fraction of sp³-hybridized carbons (Fsp3) is 0.400. The van der Waals surface area contributed by atoms with E-state index in [1.165, 1.54) is 17.2 Å². The van der Waals surface area contributed by atoms with Crippen LogP contribution in [0.5, 0.6) is 0 Å². The van der Waals surface area contributed by atoms with E-state index in [9.17, 15) is 15.3 Å². The van der Waals surface area contributed by atoms with E-state index in [4.69, 9.17) is 20.8 Å². The third kappa shape index (κ3) is 2.91. The van der Waals surface area contributed by atoms with Crippen LogP contribution in [0.25, 0.3) is 11.2 Å². The number of hydrogen-bond donors (Lipinski definition) is 4. The van der Waals surface area contributed by atoms with E-state index in [-0.39, 0.29) is 0 Å². The summed E-state index contributed by atoms with van der Waals surface area (Å²) in [5.74, 6) is 1.10. The van der Waals surface area contributed by atoms with Crippen molar-refractivity contribution in [2.75, 3.05) is 11.9 Å². The Hall–Kier alpha value is -2.24. The number of aliphatic hydroxyl groups excluding tert-OH is 3. The minimum atomic E-state index is -1.22. The van der Waals surface area contributed by atoms with E-state index in [1.807, 2.05) is 0 Å². The summed E-state index contributed by atoms with van der Waals surface area (Å²) in [5.41, 5.74) is 0.873. The molecule has 4 heterocycles. The van der Waals surface area contributed by atoms with Crippen LogP contribution < -0.4 is 5.32 Å². The van der Waals surface area contributed by atoms with E-state index < -0.39 is 31.1 Å². The molecular weight excluding hydrogens is 366 g/mol. The zero-order chi connectivity index (χ0) is 18.3. The van der Waals surface area contributed by atoms with Crippen molar-refractivity contribution in [2.45, 2.75) is 31.1 Å². The Bertz CT molecular complexity index is 915. The van der Waals surface area contributed by atoms with Gasteiger partial charge >= 0.3 is 0 Å².